The molecule has 8 heteroatoms. The molecule has 0 amide bonds. The summed E-state index contributed by atoms with van der Waals surface area (Å²) in [5, 5.41) is 4.17. The van der Waals surface area contributed by atoms with Gasteiger partial charge in [-0.25, -0.2) is 13.1 Å². The normalized spacial score (nSPS) is 25.7. The van der Waals surface area contributed by atoms with Crippen LogP contribution in [0.25, 0.3) is 0 Å². The molecular weight excluding hydrogens is 354 g/mol. The Morgan fingerprint density at radius 1 is 1.35 bits per heavy atom. The number of benzene rings is 1. The van der Waals surface area contributed by atoms with Gasteiger partial charge in [0.2, 0.25) is 10.0 Å². The highest BCUT2D eigenvalue weighted by molar-refractivity contribution is 7.89. The summed E-state index contributed by atoms with van der Waals surface area (Å²) in [4.78, 5) is 0.268. The average Bonchev–Trinajstić information content (AvgIpc) is 3.18. The second-order valence-electron chi connectivity index (χ2n) is 7.01. The SMILES string of the molecule is CC1Cc2cc(S(=O)(=O)N[C@H]3CCCO[C@@H]3c3cnn(C)c3)ccc2O1. The van der Waals surface area contributed by atoms with E-state index < -0.39 is 10.0 Å². The predicted octanol–water partition coefficient (Wildman–Crippen LogP) is 1.94. The zero-order valence-electron chi connectivity index (χ0n) is 14.9. The monoisotopic (exact) mass is 377 g/mol. The highest BCUT2D eigenvalue weighted by Crippen LogP contribution is 2.32. The van der Waals surface area contributed by atoms with E-state index in [1.54, 1.807) is 29.1 Å². The van der Waals surface area contributed by atoms with Crippen LogP contribution in [0.4, 0.5) is 0 Å². The van der Waals surface area contributed by atoms with Crippen molar-refractivity contribution in [2.45, 2.75) is 49.3 Å². The van der Waals surface area contributed by atoms with Crippen molar-refractivity contribution in [2.24, 2.45) is 7.05 Å². The van der Waals surface area contributed by atoms with Gasteiger partial charge in [0, 0.05) is 31.8 Å². The number of hydrogen-bond acceptors (Lipinski definition) is 5. The van der Waals surface area contributed by atoms with Crippen LogP contribution in [-0.2, 0) is 28.2 Å². The fraction of sp³-hybridized carbons (Fsp3) is 0.500. The summed E-state index contributed by atoms with van der Waals surface area (Å²) in [6, 6.07) is 4.73. The van der Waals surface area contributed by atoms with Gasteiger partial charge in [0.1, 0.15) is 18.0 Å². The molecule has 1 aromatic heterocycles. The summed E-state index contributed by atoms with van der Waals surface area (Å²) in [6.45, 7) is 2.59. The summed E-state index contributed by atoms with van der Waals surface area (Å²) in [6.07, 6.45) is 5.62. The number of nitrogens with zero attached hydrogens (tertiary/aromatic N) is 2. The molecule has 26 heavy (non-hydrogen) atoms. The fourth-order valence-corrected chi connectivity index (χ4v) is 4.97. The third-order valence-corrected chi connectivity index (χ3v) is 6.35. The van der Waals surface area contributed by atoms with E-state index in [-0.39, 0.29) is 23.1 Å². The lowest BCUT2D eigenvalue weighted by Gasteiger charge is -2.31. The molecule has 0 spiro atoms. The number of rotatable bonds is 4. The van der Waals surface area contributed by atoms with Crippen molar-refractivity contribution in [3.63, 3.8) is 0 Å². The number of sulfonamides is 1. The molecule has 1 fully saturated rings. The summed E-state index contributed by atoms with van der Waals surface area (Å²) in [7, 11) is -1.81. The number of aryl methyl sites for hydroxylation is 1. The van der Waals surface area contributed by atoms with Crippen molar-refractivity contribution in [1.29, 1.82) is 0 Å². The minimum absolute atomic E-state index is 0.0811. The number of hydrogen-bond donors (Lipinski definition) is 1. The topological polar surface area (TPSA) is 82.5 Å². The Morgan fingerprint density at radius 2 is 2.19 bits per heavy atom. The Hall–Kier alpha value is -1.90. The van der Waals surface area contributed by atoms with Gasteiger partial charge in [-0.05, 0) is 43.5 Å². The van der Waals surface area contributed by atoms with Crippen LogP contribution in [0.5, 0.6) is 5.75 Å². The first-order valence-electron chi connectivity index (χ1n) is 8.84. The van der Waals surface area contributed by atoms with Gasteiger partial charge in [-0.1, -0.05) is 0 Å². The third-order valence-electron chi connectivity index (χ3n) is 4.86. The van der Waals surface area contributed by atoms with Gasteiger partial charge >= 0.3 is 0 Å². The molecule has 2 aliphatic rings. The first-order valence-corrected chi connectivity index (χ1v) is 10.3. The maximum Gasteiger partial charge on any atom is 0.240 e. The largest absolute Gasteiger partial charge is 0.490 e. The van der Waals surface area contributed by atoms with Crippen molar-refractivity contribution in [3.05, 3.63) is 41.7 Å². The van der Waals surface area contributed by atoms with Crippen LogP contribution in [0.3, 0.4) is 0 Å². The van der Waals surface area contributed by atoms with E-state index in [1.165, 1.54) is 0 Å². The van der Waals surface area contributed by atoms with Crippen LogP contribution < -0.4 is 9.46 Å². The molecule has 1 N–H and O–H groups in total. The summed E-state index contributed by atoms with van der Waals surface area (Å²) >= 11 is 0. The molecule has 1 aromatic carbocycles. The molecule has 140 valence electrons. The fourth-order valence-electron chi connectivity index (χ4n) is 3.65. The molecular formula is C18H23N3O4S. The summed E-state index contributed by atoms with van der Waals surface area (Å²) in [5.41, 5.74) is 1.82. The highest BCUT2D eigenvalue weighted by Gasteiger charge is 2.33. The van der Waals surface area contributed by atoms with E-state index in [9.17, 15) is 8.42 Å². The molecule has 4 rings (SSSR count). The van der Waals surface area contributed by atoms with Crippen LogP contribution >= 0.6 is 0 Å². The Balaban J connectivity index is 1.57. The van der Waals surface area contributed by atoms with E-state index in [4.69, 9.17) is 9.47 Å². The van der Waals surface area contributed by atoms with E-state index in [1.807, 2.05) is 20.2 Å². The van der Waals surface area contributed by atoms with Crippen LogP contribution in [0.1, 0.15) is 37.0 Å². The van der Waals surface area contributed by atoms with E-state index in [2.05, 4.69) is 9.82 Å². The van der Waals surface area contributed by atoms with Gasteiger partial charge in [-0.15, -0.1) is 0 Å². The van der Waals surface area contributed by atoms with Crippen LogP contribution in [0, 0.1) is 0 Å². The maximum absolute atomic E-state index is 12.9. The van der Waals surface area contributed by atoms with Crippen molar-refractivity contribution < 1.29 is 17.9 Å². The number of aromatic nitrogens is 2. The molecule has 0 radical (unpaired) electrons. The first-order chi connectivity index (χ1) is 12.4. The molecule has 1 unspecified atom stereocenters. The smallest absolute Gasteiger partial charge is 0.240 e. The molecule has 2 aliphatic heterocycles. The van der Waals surface area contributed by atoms with Gasteiger partial charge in [-0.2, -0.15) is 5.10 Å². The molecule has 2 aromatic rings. The minimum atomic E-state index is -3.65. The van der Waals surface area contributed by atoms with Crippen molar-refractivity contribution in [2.75, 3.05) is 6.61 Å². The van der Waals surface area contributed by atoms with Gasteiger partial charge in [-0.3, -0.25) is 4.68 Å². The lowest BCUT2D eigenvalue weighted by molar-refractivity contribution is -0.00446. The van der Waals surface area contributed by atoms with Gasteiger partial charge < -0.3 is 9.47 Å². The molecule has 3 heterocycles. The van der Waals surface area contributed by atoms with Gasteiger partial charge in [0.15, 0.2) is 0 Å². The van der Waals surface area contributed by atoms with Gasteiger partial charge in [0.25, 0.3) is 0 Å². The van der Waals surface area contributed by atoms with Crippen LogP contribution in [0.2, 0.25) is 0 Å². The standard InChI is InChI=1S/C18H23N3O4S/c1-12-8-13-9-15(5-6-17(13)25-12)26(22,23)20-16-4-3-7-24-18(16)14-10-19-21(2)11-14/h5-6,9-12,16,18,20H,3-4,7-8H2,1-2H3/t12?,16-,18+/m0/s1. The summed E-state index contributed by atoms with van der Waals surface area (Å²) in [5.74, 6) is 0.769. The maximum atomic E-state index is 12.9. The van der Waals surface area contributed by atoms with Gasteiger partial charge in [0.05, 0.1) is 17.1 Å². The van der Waals surface area contributed by atoms with E-state index >= 15 is 0 Å². The number of fused-ring (bicyclic) bond motifs is 1. The van der Waals surface area contributed by atoms with Crippen molar-refractivity contribution in [3.8, 4) is 5.75 Å². The molecule has 1 saturated heterocycles. The Bertz CT molecular complexity index is 909. The van der Waals surface area contributed by atoms with E-state index in [0.29, 0.717) is 6.61 Å². The summed E-state index contributed by atoms with van der Waals surface area (Å²) < 4.78 is 41.9. The molecule has 3 atom stereocenters. The second-order valence-corrected chi connectivity index (χ2v) is 8.72. The molecule has 7 nitrogen and oxygen atoms in total. The molecule has 0 bridgehead atoms. The van der Waals surface area contributed by atoms with Crippen LogP contribution in [0.15, 0.2) is 35.5 Å². The zero-order valence-corrected chi connectivity index (χ0v) is 15.7. The molecule has 0 aliphatic carbocycles. The Morgan fingerprint density at radius 3 is 2.96 bits per heavy atom. The zero-order chi connectivity index (χ0) is 18.3. The second kappa shape index (κ2) is 6.68. The Kier molecular flexibility index (Phi) is 4.50. The highest BCUT2D eigenvalue weighted by atomic mass is 32.2. The van der Waals surface area contributed by atoms with Crippen molar-refractivity contribution in [1.82, 2.24) is 14.5 Å². The average molecular weight is 377 g/mol. The lowest BCUT2D eigenvalue weighted by atomic mass is 9.99. The molecule has 0 saturated carbocycles. The minimum Gasteiger partial charge on any atom is -0.490 e. The van der Waals surface area contributed by atoms with Crippen molar-refractivity contribution >= 4 is 10.0 Å². The number of nitrogens with one attached hydrogen (secondary N) is 1. The van der Waals surface area contributed by atoms with E-state index in [0.717, 1.165) is 36.1 Å². The predicted molar refractivity (Wildman–Crippen MR) is 95.5 cm³/mol. The Labute approximate surface area is 153 Å². The first kappa shape index (κ1) is 17.5. The van der Waals surface area contributed by atoms with Crippen LogP contribution in [-0.4, -0.2) is 37.0 Å². The lowest BCUT2D eigenvalue weighted by Crippen LogP contribution is -2.42. The third kappa shape index (κ3) is 3.36. The quantitative estimate of drug-likeness (QED) is 0.881. The number of ether oxygens (including phenoxy) is 2.